The summed E-state index contributed by atoms with van der Waals surface area (Å²) in [4.78, 5) is 13.8. The van der Waals surface area contributed by atoms with Crippen molar-refractivity contribution >= 4 is 23.2 Å². The fourth-order valence-electron chi connectivity index (χ4n) is 4.17. The van der Waals surface area contributed by atoms with Gasteiger partial charge in [-0.05, 0) is 48.0 Å². The van der Waals surface area contributed by atoms with Gasteiger partial charge in [0.25, 0.3) is 5.91 Å². The number of ether oxygens (including phenoxy) is 5. The van der Waals surface area contributed by atoms with Gasteiger partial charge in [0.1, 0.15) is 0 Å². The highest BCUT2D eigenvalue weighted by Crippen LogP contribution is 2.41. The zero-order chi connectivity index (χ0) is 25.8. The van der Waals surface area contributed by atoms with Crippen LogP contribution in [0.15, 0.2) is 59.7 Å². The largest absolute Gasteiger partial charge is 0.493 e. The molecule has 3 aromatic carbocycles. The van der Waals surface area contributed by atoms with Crippen LogP contribution in [-0.2, 0) is 0 Å². The molecule has 0 aliphatic carbocycles. The van der Waals surface area contributed by atoms with E-state index >= 15 is 0 Å². The molecule has 1 unspecified atom stereocenters. The SMILES string of the molecule is COc1ccc(C2=NN(C(=O)c3cc(OC)c(OC)c(OC)c3)C(c3ccc(Cl)cc3)C2)cc1OC. The molecule has 1 aliphatic rings. The summed E-state index contributed by atoms with van der Waals surface area (Å²) in [5, 5.41) is 6.85. The summed E-state index contributed by atoms with van der Waals surface area (Å²) >= 11 is 6.12. The van der Waals surface area contributed by atoms with Gasteiger partial charge in [-0.3, -0.25) is 4.79 Å². The third-order valence-corrected chi connectivity index (χ3v) is 6.25. The van der Waals surface area contributed by atoms with Crippen LogP contribution in [-0.4, -0.2) is 52.2 Å². The van der Waals surface area contributed by atoms with E-state index in [1.165, 1.54) is 26.3 Å². The summed E-state index contributed by atoms with van der Waals surface area (Å²) in [6.45, 7) is 0. The third kappa shape index (κ3) is 4.77. The maximum absolute atomic E-state index is 13.8. The average Bonchev–Trinajstić information content (AvgIpc) is 3.37. The van der Waals surface area contributed by atoms with Gasteiger partial charge in [0.15, 0.2) is 23.0 Å². The summed E-state index contributed by atoms with van der Waals surface area (Å²) in [5.74, 6) is 2.04. The van der Waals surface area contributed by atoms with Crippen LogP contribution in [0.5, 0.6) is 28.7 Å². The second-order valence-electron chi connectivity index (χ2n) is 7.95. The number of hydrogen-bond donors (Lipinski definition) is 0. The van der Waals surface area contributed by atoms with E-state index in [2.05, 4.69) is 0 Å². The van der Waals surface area contributed by atoms with Crippen molar-refractivity contribution in [2.75, 3.05) is 35.5 Å². The normalized spacial score (nSPS) is 14.8. The molecule has 1 amide bonds. The predicted octanol–water partition coefficient (Wildman–Crippen LogP) is 5.37. The molecule has 0 aromatic heterocycles. The fraction of sp³-hybridized carbons (Fsp3) is 0.259. The topological polar surface area (TPSA) is 78.8 Å². The number of hydrogen-bond acceptors (Lipinski definition) is 7. The Hall–Kier alpha value is -3.91. The Kier molecular flexibility index (Phi) is 7.55. The minimum atomic E-state index is -0.350. The molecule has 8 nitrogen and oxygen atoms in total. The van der Waals surface area contributed by atoms with Crippen LogP contribution in [0, 0.1) is 0 Å². The Bertz CT molecular complexity index is 1270. The van der Waals surface area contributed by atoms with Crippen molar-refractivity contribution in [1.29, 1.82) is 0 Å². The van der Waals surface area contributed by atoms with Crippen LogP contribution in [0.3, 0.4) is 0 Å². The first-order valence-corrected chi connectivity index (χ1v) is 11.5. The van der Waals surface area contributed by atoms with Crippen molar-refractivity contribution in [3.63, 3.8) is 0 Å². The molecule has 0 bridgehead atoms. The highest BCUT2D eigenvalue weighted by Gasteiger charge is 2.35. The highest BCUT2D eigenvalue weighted by atomic mass is 35.5. The van der Waals surface area contributed by atoms with Crippen LogP contribution in [0.4, 0.5) is 0 Å². The molecule has 36 heavy (non-hydrogen) atoms. The van der Waals surface area contributed by atoms with Crippen LogP contribution in [0.1, 0.15) is 33.9 Å². The van der Waals surface area contributed by atoms with Crippen molar-refractivity contribution in [1.82, 2.24) is 5.01 Å². The van der Waals surface area contributed by atoms with Gasteiger partial charge in [0, 0.05) is 22.6 Å². The lowest BCUT2D eigenvalue weighted by Gasteiger charge is -2.23. The van der Waals surface area contributed by atoms with Crippen molar-refractivity contribution in [3.05, 3.63) is 76.3 Å². The molecular weight excluding hydrogens is 484 g/mol. The smallest absolute Gasteiger partial charge is 0.274 e. The number of hydrazone groups is 1. The lowest BCUT2D eigenvalue weighted by molar-refractivity contribution is 0.0710. The van der Waals surface area contributed by atoms with E-state index in [9.17, 15) is 4.79 Å². The monoisotopic (exact) mass is 510 g/mol. The third-order valence-electron chi connectivity index (χ3n) is 6.00. The van der Waals surface area contributed by atoms with E-state index < -0.39 is 0 Å². The first-order chi connectivity index (χ1) is 17.4. The molecule has 3 aromatic rings. The predicted molar refractivity (Wildman–Crippen MR) is 137 cm³/mol. The number of amides is 1. The summed E-state index contributed by atoms with van der Waals surface area (Å²) < 4.78 is 27.1. The average molecular weight is 511 g/mol. The second kappa shape index (κ2) is 10.8. The molecular formula is C27H27ClN2O6. The highest BCUT2D eigenvalue weighted by molar-refractivity contribution is 6.30. The lowest BCUT2D eigenvalue weighted by Crippen LogP contribution is -2.27. The Balaban J connectivity index is 1.79. The minimum Gasteiger partial charge on any atom is -0.493 e. The zero-order valence-electron chi connectivity index (χ0n) is 20.7. The second-order valence-corrected chi connectivity index (χ2v) is 8.39. The van der Waals surface area contributed by atoms with E-state index in [4.69, 9.17) is 40.4 Å². The molecule has 0 spiro atoms. The van der Waals surface area contributed by atoms with Crippen molar-refractivity contribution < 1.29 is 28.5 Å². The summed E-state index contributed by atoms with van der Waals surface area (Å²) in [7, 11) is 7.68. The number of benzene rings is 3. The molecule has 0 N–H and O–H groups in total. The molecule has 1 atom stereocenters. The zero-order valence-corrected chi connectivity index (χ0v) is 21.5. The van der Waals surface area contributed by atoms with Gasteiger partial charge in [-0.1, -0.05) is 23.7 Å². The van der Waals surface area contributed by atoms with E-state index in [0.717, 1.165) is 16.8 Å². The Morgan fingerprint density at radius 3 is 1.97 bits per heavy atom. The summed E-state index contributed by atoms with van der Waals surface area (Å²) in [6.07, 6.45) is 0.493. The Labute approximate surface area is 214 Å². The van der Waals surface area contributed by atoms with Crippen LogP contribution >= 0.6 is 11.6 Å². The standard InChI is InChI=1S/C27H27ClN2O6/c1-32-22-11-8-17(12-23(22)33-2)20-15-21(16-6-9-19(28)10-7-16)30(29-20)27(31)18-13-24(34-3)26(36-5)25(14-18)35-4/h6-14,21H,15H2,1-5H3. The van der Waals surface area contributed by atoms with Gasteiger partial charge >= 0.3 is 0 Å². The number of halogens is 1. The molecule has 1 heterocycles. The number of carbonyl (C=O) groups is 1. The number of rotatable bonds is 8. The van der Waals surface area contributed by atoms with Gasteiger partial charge in [0.2, 0.25) is 5.75 Å². The molecule has 0 radical (unpaired) electrons. The van der Waals surface area contributed by atoms with Crippen LogP contribution in [0.2, 0.25) is 5.02 Å². The van der Waals surface area contributed by atoms with Crippen molar-refractivity contribution in [2.24, 2.45) is 5.10 Å². The van der Waals surface area contributed by atoms with E-state index in [1.807, 2.05) is 30.3 Å². The molecule has 4 rings (SSSR count). The minimum absolute atomic E-state index is 0.315. The Morgan fingerprint density at radius 2 is 1.42 bits per heavy atom. The molecule has 0 saturated heterocycles. The first-order valence-electron chi connectivity index (χ1n) is 11.1. The number of carbonyl (C=O) groups excluding carboxylic acids is 1. The number of nitrogens with zero attached hydrogens (tertiary/aromatic N) is 2. The summed E-state index contributed by atoms with van der Waals surface area (Å²) in [5.41, 5.74) is 2.81. The van der Waals surface area contributed by atoms with Gasteiger partial charge in [-0.2, -0.15) is 5.10 Å². The molecule has 0 saturated carbocycles. The molecule has 0 fully saturated rings. The van der Waals surface area contributed by atoms with E-state index in [0.29, 0.717) is 45.8 Å². The van der Waals surface area contributed by atoms with Crippen molar-refractivity contribution in [2.45, 2.75) is 12.5 Å². The van der Waals surface area contributed by atoms with E-state index in [-0.39, 0.29) is 11.9 Å². The maximum atomic E-state index is 13.8. The van der Waals surface area contributed by atoms with Gasteiger partial charge in [-0.25, -0.2) is 5.01 Å². The maximum Gasteiger partial charge on any atom is 0.274 e. The summed E-state index contributed by atoms with van der Waals surface area (Å²) in [6, 6.07) is 15.8. The van der Waals surface area contributed by atoms with Crippen molar-refractivity contribution in [3.8, 4) is 28.7 Å². The molecule has 1 aliphatic heterocycles. The number of methoxy groups -OCH3 is 5. The fourth-order valence-corrected chi connectivity index (χ4v) is 4.30. The Morgan fingerprint density at radius 1 is 0.806 bits per heavy atom. The van der Waals surface area contributed by atoms with Crippen LogP contribution < -0.4 is 23.7 Å². The first kappa shape index (κ1) is 25.2. The molecule has 188 valence electrons. The van der Waals surface area contributed by atoms with Gasteiger partial charge < -0.3 is 23.7 Å². The lowest BCUT2D eigenvalue weighted by atomic mass is 9.98. The quantitative estimate of drug-likeness (QED) is 0.405. The van der Waals surface area contributed by atoms with Gasteiger partial charge in [-0.15, -0.1) is 0 Å². The van der Waals surface area contributed by atoms with Crippen LogP contribution in [0.25, 0.3) is 0 Å². The van der Waals surface area contributed by atoms with E-state index in [1.54, 1.807) is 38.5 Å². The molecule has 9 heteroatoms. The van der Waals surface area contributed by atoms with Gasteiger partial charge in [0.05, 0.1) is 47.3 Å².